The van der Waals surface area contributed by atoms with Crippen molar-refractivity contribution in [2.24, 2.45) is 0 Å². The number of nitrogens with one attached hydrogen (secondary N) is 1. The highest BCUT2D eigenvalue weighted by atomic mass is 32.2. The summed E-state index contributed by atoms with van der Waals surface area (Å²) in [7, 11) is 0. The highest BCUT2D eigenvalue weighted by Gasteiger charge is 2.35. The van der Waals surface area contributed by atoms with Gasteiger partial charge in [0.25, 0.3) is 17.1 Å². The number of imide groups is 1. The lowest BCUT2D eigenvalue weighted by atomic mass is 10.0. The molecule has 0 spiro atoms. The van der Waals surface area contributed by atoms with E-state index in [1.165, 1.54) is 4.90 Å². The third-order valence-electron chi connectivity index (χ3n) is 6.98. The number of carbonyl (C=O) groups is 3. The molecule has 0 unspecified atom stereocenters. The highest BCUT2D eigenvalue weighted by Crippen LogP contribution is 2.35. The Bertz CT molecular complexity index is 1710. The minimum absolute atomic E-state index is 0.131. The fourth-order valence-electron chi connectivity index (χ4n) is 4.86. The van der Waals surface area contributed by atoms with Gasteiger partial charge in [0.15, 0.2) is 18.1 Å². The van der Waals surface area contributed by atoms with Gasteiger partial charge in [-0.2, -0.15) is 0 Å². The predicted octanol–water partition coefficient (Wildman–Crippen LogP) is 7.49. The number of thioether (sulfide) groups is 1. The van der Waals surface area contributed by atoms with Crippen LogP contribution < -0.4 is 19.5 Å². The first-order valence-corrected chi connectivity index (χ1v) is 15.3. The van der Waals surface area contributed by atoms with Crippen LogP contribution in [0, 0.1) is 0 Å². The van der Waals surface area contributed by atoms with Crippen molar-refractivity contribution in [2.75, 3.05) is 31.7 Å². The summed E-state index contributed by atoms with van der Waals surface area (Å²) in [6.07, 6.45) is 1.65. The van der Waals surface area contributed by atoms with Crippen LogP contribution in [0.1, 0.15) is 37.8 Å². The molecule has 1 heterocycles. The smallest absolute Gasteiger partial charge is 0.293 e. The molecule has 8 nitrogen and oxygen atoms in total. The molecular formula is C35H34N2O6S. The number of ether oxygens (including phenoxy) is 3. The minimum atomic E-state index is -0.377. The molecule has 1 saturated heterocycles. The SMILES string of the molecule is CCOc1cc(/C=C2\SC(=O)N(CCOc3cccc4ccccc34)C2=O)ccc1OCC(=O)Nc1ccccc1C(C)C. The van der Waals surface area contributed by atoms with Crippen LogP contribution in [0.5, 0.6) is 17.2 Å². The highest BCUT2D eigenvalue weighted by molar-refractivity contribution is 8.18. The molecule has 0 atom stereocenters. The number of amides is 3. The minimum Gasteiger partial charge on any atom is -0.491 e. The largest absolute Gasteiger partial charge is 0.491 e. The first-order chi connectivity index (χ1) is 21.3. The molecule has 1 aliphatic heterocycles. The monoisotopic (exact) mass is 610 g/mol. The van der Waals surface area contributed by atoms with Crippen molar-refractivity contribution in [3.05, 3.63) is 101 Å². The van der Waals surface area contributed by atoms with E-state index in [0.29, 0.717) is 34.3 Å². The van der Waals surface area contributed by atoms with Crippen molar-refractivity contribution < 1.29 is 28.6 Å². The fourth-order valence-corrected chi connectivity index (χ4v) is 5.72. The van der Waals surface area contributed by atoms with Crippen molar-refractivity contribution in [3.63, 3.8) is 0 Å². The molecule has 3 amide bonds. The third-order valence-corrected chi connectivity index (χ3v) is 7.88. The number of para-hydroxylation sites is 1. The molecule has 5 rings (SSSR count). The second-order valence-electron chi connectivity index (χ2n) is 10.4. The van der Waals surface area contributed by atoms with Gasteiger partial charge in [0.1, 0.15) is 12.4 Å². The summed E-state index contributed by atoms with van der Waals surface area (Å²) in [6, 6.07) is 26.5. The van der Waals surface area contributed by atoms with E-state index in [1.54, 1.807) is 24.3 Å². The molecule has 1 aliphatic rings. The number of nitrogens with zero attached hydrogens (tertiary/aromatic N) is 1. The van der Waals surface area contributed by atoms with Crippen molar-refractivity contribution in [1.29, 1.82) is 0 Å². The van der Waals surface area contributed by atoms with E-state index in [-0.39, 0.29) is 42.7 Å². The zero-order valence-corrected chi connectivity index (χ0v) is 25.7. The Balaban J connectivity index is 1.21. The molecule has 4 aromatic rings. The van der Waals surface area contributed by atoms with Gasteiger partial charge < -0.3 is 19.5 Å². The maximum absolute atomic E-state index is 13.1. The van der Waals surface area contributed by atoms with Crippen molar-refractivity contribution in [1.82, 2.24) is 4.90 Å². The second kappa shape index (κ2) is 14.1. The van der Waals surface area contributed by atoms with Gasteiger partial charge in [-0.05, 0) is 71.5 Å². The Hall–Kier alpha value is -4.76. The molecule has 226 valence electrons. The zero-order chi connectivity index (χ0) is 31.1. The van der Waals surface area contributed by atoms with E-state index < -0.39 is 0 Å². The van der Waals surface area contributed by atoms with Crippen LogP contribution in [0.3, 0.4) is 0 Å². The van der Waals surface area contributed by atoms with Crippen LogP contribution in [0.15, 0.2) is 89.8 Å². The van der Waals surface area contributed by atoms with Crippen LogP contribution in [0.4, 0.5) is 10.5 Å². The van der Waals surface area contributed by atoms with Gasteiger partial charge in [-0.15, -0.1) is 0 Å². The number of rotatable bonds is 12. The van der Waals surface area contributed by atoms with Gasteiger partial charge in [0.2, 0.25) is 0 Å². The van der Waals surface area contributed by atoms with Crippen LogP contribution >= 0.6 is 11.8 Å². The summed E-state index contributed by atoms with van der Waals surface area (Å²) >= 11 is 0.885. The van der Waals surface area contributed by atoms with Gasteiger partial charge in [0.05, 0.1) is 18.1 Å². The van der Waals surface area contributed by atoms with Crippen LogP contribution in [0.25, 0.3) is 16.8 Å². The molecule has 0 bridgehead atoms. The average Bonchev–Trinajstić information content (AvgIpc) is 3.28. The van der Waals surface area contributed by atoms with E-state index >= 15 is 0 Å². The Morgan fingerprint density at radius 1 is 0.886 bits per heavy atom. The normalized spacial score (nSPS) is 14.0. The molecule has 1 fully saturated rings. The lowest BCUT2D eigenvalue weighted by Gasteiger charge is -2.15. The molecule has 0 aromatic heterocycles. The lowest BCUT2D eigenvalue weighted by molar-refractivity contribution is -0.123. The zero-order valence-electron chi connectivity index (χ0n) is 24.9. The molecule has 0 saturated carbocycles. The summed E-state index contributed by atoms with van der Waals surface area (Å²) in [5.41, 5.74) is 2.46. The van der Waals surface area contributed by atoms with Gasteiger partial charge in [0, 0.05) is 11.1 Å². The lowest BCUT2D eigenvalue weighted by Crippen LogP contribution is -2.32. The van der Waals surface area contributed by atoms with Gasteiger partial charge in [-0.3, -0.25) is 19.3 Å². The standard InChI is InChI=1S/C35H34N2O6S/c1-4-41-31-20-24(16-17-30(31)43-22-33(38)36-28-14-8-7-12-26(28)23(2)3)21-32-34(39)37(35(40)44-32)18-19-42-29-15-9-11-25-10-5-6-13-27(25)29/h5-17,20-21,23H,4,18-19,22H2,1-3H3,(H,36,38)/b32-21-. The quantitative estimate of drug-likeness (QED) is 0.166. The average molecular weight is 611 g/mol. The Morgan fingerprint density at radius 3 is 2.48 bits per heavy atom. The number of hydrogen-bond donors (Lipinski definition) is 1. The van der Waals surface area contributed by atoms with E-state index in [0.717, 1.165) is 33.8 Å². The summed E-state index contributed by atoms with van der Waals surface area (Å²) in [4.78, 5) is 40.0. The van der Waals surface area contributed by atoms with E-state index in [4.69, 9.17) is 14.2 Å². The van der Waals surface area contributed by atoms with Gasteiger partial charge in [-0.1, -0.05) is 74.5 Å². The first-order valence-electron chi connectivity index (χ1n) is 14.5. The number of carbonyl (C=O) groups excluding carboxylic acids is 3. The van der Waals surface area contributed by atoms with Crippen LogP contribution in [-0.4, -0.2) is 48.3 Å². The van der Waals surface area contributed by atoms with E-state index in [1.807, 2.05) is 73.7 Å². The summed E-state index contributed by atoms with van der Waals surface area (Å²) < 4.78 is 17.5. The molecule has 0 aliphatic carbocycles. The molecule has 9 heteroatoms. The Morgan fingerprint density at radius 2 is 1.66 bits per heavy atom. The Labute approximate surface area is 261 Å². The maximum atomic E-state index is 13.1. The molecule has 44 heavy (non-hydrogen) atoms. The molecule has 0 radical (unpaired) electrons. The summed E-state index contributed by atoms with van der Waals surface area (Å²) in [5, 5.41) is 4.59. The Kier molecular flexibility index (Phi) is 9.86. The van der Waals surface area contributed by atoms with Gasteiger partial charge >= 0.3 is 0 Å². The van der Waals surface area contributed by atoms with E-state index in [9.17, 15) is 14.4 Å². The second-order valence-corrected chi connectivity index (χ2v) is 11.4. The summed E-state index contributed by atoms with van der Waals surface area (Å²) in [6.45, 7) is 6.46. The predicted molar refractivity (Wildman–Crippen MR) is 174 cm³/mol. The van der Waals surface area contributed by atoms with E-state index in [2.05, 4.69) is 19.2 Å². The van der Waals surface area contributed by atoms with Crippen LogP contribution in [-0.2, 0) is 9.59 Å². The molecule has 1 N–H and O–H groups in total. The number of benzene rings is 4. The van der Waals surface area contributed by atoms with Crippen LogP contribution in [0.2, 0.25) is 0 Å². The summed E-state index contributed by atoms with van der Waals surface area (Å²) in [5.74, 6) is 1.12. The number of hydrogen-bond acceptors (Lipinski definition) is 7. The third kappa shape index (κ3) is 7.23. The number of fused-ring (bicyclic) bond motifs is 1. The number of anilines is 1. The first kappa shape index (κ1) is 30.7. The van der Waals surface area contributed by atoms with Crippen molar-refractivity contribution in [2.45, 2.75) is 26.7 Å². The van der Waals surface area contributed by atoms with Crippen molar-refractivity contribution in [3.8, 4) is 17.2 Å². The maximum Gasteiger partial charge on any atom is 0.293 e. The fraction of sp³-hybridized carbons (Fsp3) is 0.229. The molecule has 4 aromatic carbocycles. The topological polar surface area (TPSA) is 94.2 Å². The van der Waals surface area contributed by atoms with Gasteiger partial charge in [-0.25, -0.2) is 0 Å². The molecular weight excluding hydrogens is 576 g/mol. The van der Waals surface area contributed by atoms with Crippen molar-refractivity contribution >= 4 is 51.4 Å².